The number of carbonyl (C=O) groups is 1. The summed E-state index contributed by atoms with van der Waals surface area (Å²) in [5.74, 6) is 0. The lowest BCUT2D eigenvalue weighted by Crippen LogP contribution is -2.47. The average molecular weight is 214 g/mol. The Hall–Kier alpha value is -0.770. The fraction of sp³-hybridized carbons (Fsp3) is 0.909. The molecular weight excluding hydrogens is 192 g/mol. The van der Waals surface area contributed by atoms with Crippen molar-refractivity contribution in [1.82, 2.24) is 10.2 Å². The van der Waals surface area contributed by atoms with Crippen molar-refractivity contribution in [3.63, 3.8) is 0 Å². The molecule has 1 aliphatic rings. The van der Waals surface area contributed by atoms with Crippen molar-refractivity contribution in [1.29, 1.82) is 0 Å². The summed E-state index contributed by atoms with van der Waals surface area (Å²) >= 11 is 0. The summed E-state index contributed by atoms with van der Waals surface area (Å²) in [5.41, 5.74) is 0. The van der Waals surface area contributed by atoms with Crippen molar-refractivity contribution in [2.24, 2.45) is 0 Å². The van der Waals surface area contributed by atoms with Gasteiger partial charge in [0.1, 0.15) is 0 Å². The number of amides is 2. The van der Waals surface area contributed by atoms with E-state index in [0.717, 1.165) is 19.3 Å². The molecule has 0 radical (unpaired) electrons. The molecule has 4 heteroatoms. The minimum atomic E-state index is 0.0592. The fourth-order valence-corrected chi connectivity index (χ4v) is 1.42. The normalized spacial score (nSPS) is 17.3. The standard InChI is InChI=1S/C11H22N2O2/c1-4-9(2)13(7-8-15-3)11(14)12-10-5-6-10/h9-10H,4-8H2,1-3H3,(H,12,14). The van der Waals surface area contributed by atoms with Gasteiger partial charge in [0, 0.05) is 25.7 Å². The number of nitrogens with zero attached hydrogens (tertiary/aromatic N) is 1. The van der Waals surface area contributed by atoms with Gasteiger partial charge in [-0.05, 0) is 26.2 Å². The predicted molar refractivity (Wildman–Crippen MR) is 59.9 cm³/mol. The molecule has 0 saturated heterocycles. The summed E-state index contributed by atoms with van der Waals surface area (Å²) in [6.07, 6.45) is 3.23. The summed E-state index contributed by atoms with van der Waals surface area (Å²) in [5, 5.41) is 3.01. The molecule has 1 unspecified atom stereocenters. The molecule has 0 aromatic rings. The monoisotopic (exact) mass is 214 g/mol. The van der Waals surface area contributed by atoms with E-state index in [9.17, 15) is 4.79 Å². The molecule has 1 rings (SSSR count). The van der Waals surface area contributed by atoms with E-state index in [0.29, 0.717) is 19.2 Å². The highest BCUT2D eigenvalue weighted by Crippen LogP contribution is 2.19. The maximum absolute atomic E-state index is 11.9. The molecule has 1 fully saturated rings. The van der Waals surface area contributed by atoms with Gasteiger partial charge in [0.25, 0.3) is 0 Å². The third-order valence-electron chi connectivity index (χ3n) is 2.83. The van der Waals surface area contributed by atoms with Crippen LogP contribution in [0.3, 0.4) is 0 Å². The highest BCUT2D eigenvalue weighted by Gasteiger charge is 2.27. The molecule has 1 saturated carbocycles. The molecule has 88 valence electrons. The summed E-state index contributed by atoms with van der Waals surface area (Å²) < 4.78 is 5.02. The molecule has 0 aliphatic heterocycles. The Morgan fingerprint density at radius 3 is 2.73 bits per heavy atom. The molecule has 0 spiro atoms. The van der Waals surface area contributed by atoms with E-state index in [1.807, 2.05) is 4.90 Å². The van der Waals surface area contributed by atoms with Crippen molar-refractivity contribution in [2.45, 2.75) is 45.2 Å². The first kappa shape index (κ1) is 12.3. The molecule has 0 heterocycles. The van der Waals surface area contributed by atoms with Crippen LogP contribution in [0.4, 0.5) is 4.79 Å². The second-order valence-corrected chi connectivity index (χ2v) is 4.17. The van der Waals surface area contributed by atoms with Gasteiger partial charge in [-0.2, -0.15) is 0 Å². The lowest BCUT2D eigenvalue weighted by Gasteiger charge is -2.28. The minimum Gasteiger partial charge on any atom is -0.383 e. The molecule has 0 aromatic heterocycles. The van der Waals surface area contributed by atoms with Crippen molar-refractivity contribution in [3.05, 3.63) is 0 Å². The molecule has 4 nitrogen and oxygen atoms in total. The number of urea groups is 1. The van der Waals surface area contributed by atoms with Crippen LogP contribution in [0.1, 0.15) is 33.1 Å². The van der Waals surface area contributed by atoms with Gasteiger partial charge < -0.3 is 15.0 Å². The number of rotatable bonds is 6. The van der Waals surface area contributed by atoms with Crippen molar-refractivity contribution >= 4 is 6.03 Å². The number of hydrogen-bond donors (Lipinski definition) is 1. The zero-order chi connectivity index (χ0) is 11.3. The van der Waals surface area contributed by atoms with Gasteiger partial charge in [-0.15, -0.1) is 0 Å². The van der Waals surface area contributed by atoms with Crippen LogP contribution in [-0.2, 0) is 4.74 Å². The van der Waals surface area contributed by atoms with E-state index in [1.165, 1.54) is 0 Å². The summed E-state index contributed by atoms with van der Waals surface area (Å²) in [6.45, 7) is 5.43. The highest BCUT2D eigenvalue weighted by molar-refractivity contribution is 5.75. The Morgan fingerprint density at radius 2 is 2.27 bits per heavy atom. The highest BCUT2D eigenvalue weighted by atomic mass is 16.5. The Kier molecular flexibility index (Phi) is 4.88. The van der Waals surface area contributed by atoms with E-state index < -0.39 is 0 Å². The Balaban J connectivity index is 2.40. The Bertz CT molecular complexity index is 205. The number of carbonyl (C=O) groups excluding carboxylic acids is 1. The molecule has 0 aromatic carbocycles. The van der Waals surface area contributed by atoms with Crippen LogP contribution in [0.25, 0.3) is 0 Å². The molecule has 1 N–H and O–H groups in total. The summed E-state index contributed by atoms with van der Waals surface area (Å²) in [6, 6.07) is 0.759. The van der Waals surface area contributed by atoms with Crippen molar-refractivity contribution < 1.29 is 9.53 Å². The van der Waals surface area contributed by atoms with Gasteiger partial charge in [0.15, 0.2) is 0 Å². The number of ether oxygens (including phenoxy) is 1. The van der Waals surface area contributed by atoms with E-state index in [-0.39, 0.29) is 12.1 Å². The number of hydrogen-bond acceptors (Lipinski definition) is 2. The number of nitrogens with one attached hydrogen (secondary N) is 1. The predicted octanol–water partition coefficient (Wildman–Crippen LogP) is 1.61. The SMILES string of the molecule is CCC(C)N(CCOC)C(=O)NC1CC1. The quantitative estimate of drug-likeness (QED) is 0.729. The molecule has 0 bridgehead atoms. The molecule has 15 heavy (non-hydrogen) atoms. The minimum absolute atomic E-state index is 0.0592. The van der Waals surface area contributed by atoms with Crippen LogP contribution >= 0.6 is 0 Å². The van der Waals surface area contributed by atoms with Crippen LogP contribution < -0.4 is 5.32 Å². The fourth-order valence-electron chi connectivity index (χ4n) is 1.42. The van der Waals surface area contributed by atoms with Crippen molar-refractivity contribution in [2.75, 3.05) is 20.3 Å². The topological polar surface area (TPSA) is 41.6 Å². The molecule has 2 amide bonds. The lowest BCUT2D eigenvalue weighted by molar-refractivity contribution is 0.131. The van der Waals surface area contributed by atoms with Crippen molar-refractivity contribution in [3.8, 4) is 0 Å². The summed E-state index contributed by atoms with van der Waals surface area (Å²) in [4.78, 5) is 13.7. The van der Waals surface area contributed by atoms with Gasteiger partial charge in [-0.1, -0.05) is 6.92 Å². The molecular formula is C11H22N2O2. The van der Waals surface area contributed by atoms with Gasteiger partial charge >= 0.3 is 6.03 Å². The number of methoxy groups -OCH3 is 1. The maximum atomic E-state index is 11.9. The Labute approximate surface area is 92.0 Å². The van der Waals surface area contributed by atoms with Gasteiger partial charge in [-0.3, -0.25) is 0 Å². The van der Waals surface area contributed by atoms with Gasteiger partial charge in [0.2, 0.25) is 0 Å². The second kappa shape index (κ2) is 5.95. The van der Waals surface area contributed by atoms with Crippen LogP contribution in [0.15, 0.2) is 0 Å². The smallest absolute Gasteiger partial charge is 0.317 e. The second-order valence-electron chi connectivity index (χ2n) is 4.17. The average Bonchev–Trinajstić information content (AvgIpc) is 3.01. The third-order valence-corrected chi connectivity index (χ3v) is 2.83. The third kappa shape index (κ3) is 4.08. The maximum Gasteiger partial charge on any atom is 0.317 e. The molecule has 1 atom stereocenters. The van der Waals surface area contributed by atoms with E-state index in [4.69, 9.17) is 4.74 Å². The van der Waals surface area contributed by atoms with Gasteiger partial charge in [0.05, 0.1) is 6.61 Å². The molecule has 1 aliphatic carbocycles. The van der Waals surface area contributed by atoms with Crippen LogP contribution in [0, 0.1) is 0 Å². The largest absolute Gasteiger partial charge is 0.383 e. The van der Waals surface area contributed by atoms with E-state index in [1.54, 1.807) is 7.11 Å². The zero-order valence-electron chi connectivity index (χ0n) is 9.95. The van der Waals surface area contributed by atoms with Crippen LogP contribution in [0.5, 0.6) is 0 Å². The zero-order valence-corrected chi connectivity index (χ0v) is 9.95. The van der Waals surface area contributed by atoms with Crippen LogP contribution in [-0.4, -0.2) is 43.3 Å². The van der Waals surface area contributed by atoms with E-state index in [2.05, 4.69) is 19.2 Å². The first-order valence-electron chi connectivity index (χ1n) is 5.75. The lowest BCUT2D eigenvalue weighted by atomic mass is 10.2. The van der Waals surface area contributed by atoms with Gasteiger partial charge in [-0.25, -0.2) is 4.79 Å². The Morgan fingerprint density at radius 1 is 1.60 bits per heavy atom. The first-order chi connectivity index (χ1) is 7.19. The van der Waals surface area contributed by atoms with E-state index >= 15 is 0 Å². The van der Waals surface area contributed by atoms with Crippen LogP contribution in [0.2, 0.25) is 0 Å². The summed E-state index contributed by atoms with van der Waals surface area (Å²) in [7, 11) is 1.66. The first-order valence-corrected chi connectivity index (χ1v) is 5.75.